The minimum Gasteiger partial charge on any atom is -0.381 e. The van der Waals surface area contributed by atoms with Crippen LogP contribution in [-0.4, -0.2) is 31.4 Å². The SMILES string of the molecule is CCCC(C=C(C)NOCC=CCl)C1C(=O)CC(C2CCCOC2)CC1=O. The molecule has 1 heterocycles. The largest absolute Gasteiger partial charge is 0.381 e. The maximum Gasteiger partial charge on any atom is 0.144 e. The second kappa shape index (κ2) is 11.6. The molecule has 0 amide bonds. The number of hydroxylamine groups is 1. The van der Waals surface area contributed by atoms with Crippen molar-refractivity contribution in [1.29, 1.82) is 0 Å². The van der Waals surface area contributed by atoms with Crippen LogP contribution < -0.4 is 5.48 Å². The Morgan fingerprint density at radius 1 is 1.33 bits per heavy atom. The van der Waals surface area contributed by atoms with Gasteiger partial charge in [0.15, 0.2) is 0 Å². The smallest absolute Gasteiger partial charge is 0.144 e. The third-order valence-electron chi connectivity index (χ3n) is 5.50. The zero-order valence-corrected chi connectivity index (χ0v) is 17.2. The highest BCUT2D eigenvalue weighted by Gasteiger charge is 2.41. The van der Waals surface area contributed by atoms with Crippen LogP contribution in [0, 0.1) is 23.7 Å². The fraction of sp³-hybridized carbons (Fsp3) is 0.714. The number of ketones is 2. The summed E-state index contributed by atoms with van der Waals surface area (Å²) in [6.45, 7) is 5.79. The first-order valence-electron chi connectivity index (χ1n) is 10.0. The Morgan fingerprint density at radius 3 is 2.67 bits per heavy atom. The molecule has 0 bridgehead atoms. The molecule has 0 aromatic carbocycles. The van der Waals surface area contributed by atoms with E-state index in [1.807, 2.05) is 13.0 Å². The van der Waals surface area contributed by atoms with Crippen molar-refractivity contribution in [1.82, 2.24) is 5.48 Å². The van der Waals surface area contributed by atoms with E-state index in [1.165, 1.54) is 5.54 Å². The molecule has 2 fully saturated rings. The molecule has 0 radical (unpaired) electrons. The Hall–Kier alpha value is -1.17. The number of nitrogens with one attached hydrogen (secondary N) is 1. The van der Waals surface area contributed by atoms with Gasteiger partial charge in [-0.15, -0.1) is 0 Å². The molecule has 0 aromatic rings. The maximum atomic E-state index is 12.9. The molecule has 1 aliphatic heterocycles. The molecule has 2 rings (SSSR count). The van der Waals surface area contributed by atoms with E-state index in [0.29, 0.717) is 32.0 Å². The summed E-state index contributed by atoms with van der Waals surface area (Å²) in [6, 6.07) is 0. The average molecular weight is 398 g/mol. The lowest BCUT2D eigenvalue weighted by Crippen LogP contribution is -2.41. The van der Waals surface area contributed by atoms with Gasteiger partial charge >= 0.3 is 0 Å². The normalized spacial score (nSPS) is 28.6. The lowest BCUT2D eigenvalue weighted by molar-refractivity contribution is -0.140. The molecule has 5 nitrogen and oxygen atoms in total. The summed E-state index contributed by atoms with van der Waals surface area (Å²) >= 11 is 5.46. The van der Waals surface area contributed by atoms with Crippen LogP contribution in [-0.2, 0) is 19.2 Å². The number of ether oxygens (including phenoxy) is 1. The standard InChI is InChI=1S/C21H32ClNO4/c1-3-6-16(11-15(2)23-27-10-5-8-22)21-19(24)12-18(13-20(21)25)17-7-4-9-26-14-17/h5,8,11,16-18,21,23H,3-4,6-7,9-10,12-14H2,1-2H3. The predicted molar refractivity (Wildman–Crippen MR) is 106 cm³/mol. The van der Waals surface area contributed by atoms with E-state index in [1.54, 1.807) is 6.08 Å². The molecule has 0 spiro atoms. The molecule has 0 aromatic heterocycles. The van der Waals surface area contributed by atoms with Crippen LogP contribution in [0.2, 0.25) is 0 Å². The highest BCUT2D eigenvalue weighted by molar-refractivity contribution is 6.25. The molecular weight excluding hydrogens is 366 g/mol. The van der Waals surface area contributed by atoms with Crippen LogP contribution in [0.3, 0.4) is 0 Å². The van der Waals surface area contributed by atoms with Crippen molar-refractivity contribution in [3.05, 3.63) is 23.4 Å². The number of carbonyl (C=O) groups excluding carboxylic acids is 2. The van der Waals surface area contributed by atoms with E-state index >= 15 is 0 Å². The number of hydrogen-bond donors (Lipinski definition) is 1. The Balaban J connectivity index is 2.01. The minimum atomic E-state index is -0.523. The Bertz CT molecular complexity index is 536. The summed E-state index contributed by atoms with van der Waals surface area (Å²) in [4.78, 5) is 31.1. The van der Waals surface area contributed by atoms with Crippen molar-refractivity contribution in [3.8, 4) is 0 Å². The zero-order chi connectivity index (χ0) is 19.6. The molecule has 27 heavy (non-hydrogen) atoms. The van der Waals surface area contributed by atoms with E-state index in [4.69, 9.17) is 21.2 Å². The summed E-state index contributed by atoms with van der Waals surface area (Å²) in [7, 11) is 0. The van der Waals surface area contributed by atoms with E-state index in [2.05, 4.69) is 12.4 Å². The van der Waals surface area contributed by atoms with Gasteiger partial charge in [0.25, 0.3) is 0 Å². The van der Waals surface area contributed by atoms with Gasteiger partial charge in [0, 0.05) is 37.3 Å². The molecule has 1 saturated carbocycles. The molecule has 1 aliphatic carbocycles. The minimum absolute atomic E-state index is 0.0850. The zero-order valence-electron chi connectivity index (χ0n) is 16.4. The Kier molecular flexibility index (Phi) is 9.52. The van der Waals surface area contributed by atoms with Crippen molar-refractivity contribution in [2.24, 2.45) is 23.7 Å². The van der Waals surface area contributed by atoms with Gasteiger partial charge < -0.3 is 4.74 Å². The van der Waals surface area contributed by atoms with Gasteiger partial charge in [0.2, 0.25) is 0 Å². The van der Waals surface area contributed by atoms with Crippen molar-refractivity contribution in [3.63, 3.8) is 0 Å². The van der Waals surface area contributed by atoms with E-state index in [9.17, 15) is 9.59 Å². The van der Waals surface area contributed by atoms with E-state index in [0.717, 1.165) is 38.0 Å². The van der Waals surface area contributed by atoms with Gasteiger partial charge in [-0.3, -0.25) is 19.9 Å². The third kappa shape index (κ3) is 6.74. The van der Waals surface area contributed by atoms with Gasteiger partial charge in [-0.05, 0) is 50.0 Å². The van der Waals surface area contributed by atoms with Crippen molar-refractivity contribution < 1.29 is 19.2 Å². The second-order valence-corrected chi connectivity index (χ2v) is 7.88. The molecular formula is C21H32ClNO4. The number of halogens is 1. The van der Waals surface area contributed by atoms with Crippen LogP contribution >= 0.6 is 11.6 Å². The van der Waals surface area contributed by atoms with Gasteiger partial charge in [-0.25, -0.2) is 0 Å². The van der Waals surface area contributed by atoms with E-state index < -0.39 is 5.92 Å². The molecule has 6 heteroatoms. The lowest BCUT2D eigenvalue weighted by atomic mass is 9.68. The van der Waals surface area contributed by atoms with Crippen molar-refractivity contribution in [2.45, 2.75) is 52.4 Å². The van der Waals surface area contributed by atoms with Gasteiger partial charge in [0.1, 0.15) is 11.6 Å². The molecule has 2 aliphatic rings. The summed E-state index contributed by atoms with van der Waals surface area (Å²) in [5.41, 5.74) is 5.05. The van der Waals surface area contributed by atoms with Crippen LogP contribution in [0.15, 0.2) is 23.4 Å². The quantitative estimate of drug-likeness (QED) is 0.359. The van der Waals surface area contributed by atoms with Crippen LogP contribution in [0.4, 0.5) is 0 Å². The van der Waals surface area contributed by atoms with Gasteiger partial charge in [-0.2, -0.15) is 0 Å². The summed E-state index contributed by atoms with van der Waals surface area (Å²) in [5, 5.41) is 0. The molecule has 2 unspecified atom stereocenters. The predicted octanol–water partition coefficient (Wildman–Crippen LogP) is 4.17. The first-order chi connectivity index (χ1) is 13.1. The first kappa shape index (κ1) is 22.1. The number of carbonyl (C=O) groups is 2. The Morgan fingerprint density at radius 2 is 2.07 bits per heavy atom. The number of allylic oxidation sites excluding steroid dienone is 2. The number of rotatable bonds is 9. The summed E-state index contributed by atoms with van der Waals surface area (Å²) in [5.74, 6) is 0.0753. The van der Waals surface area contributed by atoms with Crippen LogP contribution in [0.25, 0.3) is 0 Å². The topological polar surface area (TPSA) is 64.6 Å². The molecule has 2 atom stereocenters. The number of hydrogen-bond acceptors (Lipinski definition) is 5. The maximum absolute atomic E-state index is 12.9. The second-order valence-electron chi connectivity index (χ2n) is 7.63. The van der Waals surface area contributed by atoms with Crippen LogP contribution in [0.1, 0.15) is 52.4 Å². The fourth-order valence-electron chi connectivity index (χ4n) is 4.25. The fourth-order valence-corrected chi connectivity index (χ4v) is 4.32. The lowest BCUT2D eigenvalue weighted by Gasteiger charge is -2.36. The van der Waals surface area contributed by atoms with Gasteiger partial charge in [-0.1, -0.05) is 31.0 Å². The van der Waals surface area contributed by atoms with E-state index in [-0.39, 0.29) is 23.4 Å². The highest BCUT2D eigenvalue weighted by atomic mass is 35.5. The summed E-state index contributed by atoms with van der Waals surface area (Å²) < 4.78 is 5.56. The third-order valence-corrected chi connectivity index (χ3v) is 5.68. The monoisotopic (exact) mass is 397 g/mol. The summed E-state index contributed by atoms with van der Waals surface area (Å²) in [6.07, 6.45) is 8.46. The average Bonchev–Trinajstić information content (AvgIpc) is 2.65. The highest BCUT2D eigenvalue weighted by Crippen LogP contribution is 2.37. The van der Waals surface area contributed by atoms with Crippen LogP contribution in [0.5, 0.6) is 0 Å². The van der Waals surface area contributed by atoms with Crippen molar-refractivity contribution >= 4 is 23.2 Å². The first-order valence-corrected chi connectivity index (χ1v) is 10.4. The molecule has 152 valence electrons. The number of Topliss-reactive ketones (excluding diaryl/α,β-unsaturated/α-hetero) is 2. The van der Waals surface area contributed by atoms with Crippen molar-refractivity contribution in [2.75, 3.05) is 19.8 Å². The van der Waals surface area contributed by atoms with Gasteiger partial charge in [0.05, 0.1) is 12.5 Å². The Labute approximate surface area is 167 Å². The molecule has 1 saturated heterocycles. The molecule has 1 N–H and O–H groups in total.